The number of nitrogens with zero attached hydrogens (tertiary/aromatic N) is 2. The molecule has 150 valence electrons. The molecule has 0 unspecified atom stereocenters. The van der Waals surface area contributed by atoms with E-state index < -0.39 is 10.0 Å². The number of sulfonamides is 1. The second-order valence-corrected chi connectivity index (χ2v) is 8.58. The maximum absolute atomic E-state index is 12.5. The van der Waals surface area contributed by atoms with Crippen LogP contribution in [0.5, 0.6) is 0 Å². The quantitative estimate of drug-likeness (QED) is 0.676. The Morgan fingerprint density at radius 1 is 1.22 bits per heavy atom. The van der Waals surface area contributed by atoms with E-state index in [0.29, 0.717) is 25.3 Å². The van der Waals surface area contributed by atoms with Crippen molar-refractivity contribution in [2.45, 2.75) is 31.6 Å². The normalized spacial score (nSPS) is 18.4. The third kappa shape index (κ3) is 5.50. The number of carbonyl (C=O) groups excluding carboxylic acids is 2. The van der Waals surface area contributed by atoms with Gasteiger partial charge in [0.15, 0.2) is 0 Å². The Hall–Kier alpha value is -1.97. The van der Waals surface area contributed by atoms with Crippen LogP contribution in [-0.4, -0.2) is 62.2 Å². The van der Waals surface area contributed by atoms with Crippen LogP contribution in [0.3, 0.4) is 0 Å². The molecule has 0 aromatic heterocycles. The molecular weight excluding hydrogens is 368 g/mol. The first kappa shape index (κ1) is 21.3. The van der Waals surface area contributed by atoms with E-state index in [9.17, 15) is 18.0 Å². The van der Waals surface area contributed by atoms with Crippen LogP contribution in [0.15, 0.2) is 29.2 Å². The lowest BCUT2D eigenvalue weighted by Crippen LogP contribution is -2.44. The number of anilines is 1. The molecule has 1 atom stereocenters. The summed E-state index contributed by atoms with van der Waals surface area (Å²) in [5.74, 6) is -0.749. The molecule has 9 heteroatoms. The Morgan fingerprint density at radius 3 is 2.41 bits per heavy atom. The zero-order valence-corrected chi connectivity index (χ0v) is 16.7. The van der Waals surface area contributed by atoms with Crippen LogP contribution in [0.4, 0.5) is 5.69 Å². The fraction of sp³-hybridized carbons (Fsp3) is 0.556. The Kier molecular flexibility index (Phi) is 7.34. The molecule has 0 spiro atoms. The molecule has 1 fully saturated rings. The molecule has 8 nitrogen and oxygen atoms in total. The van der Waals surface area contributed by atoms with E-state index in [0.717, 1.165) is 19.4 Å². The molecule has 0 radical (unpaired) electrons. The number of benzene rings is 1. The lowest BCUT2D eigenvalue weighted by Gasteiger charge is -2.30. The zero-order valence-electron chi connectivity index (χ0n) is 15.8. The third-order valence-corrected chi connectivity index (χ3v) is 6.82. The highest BCUT2D eigenvalue weighted by atomic mass is 32.2. The van der Waals surface area contributed by atoms with Gasteiger partial charge in [-0.25, -0.2) is 8.42 Å². The highest BCUT2D eigenvalue weighted by Gasteiger charge is 2.25. The van der Waals surface area contributed by atoms with E-state index in [1.165, 1.54) is 16.4 Å². The van der Waals surface area contributed by atoms with Crippen LogP contribution in [0.1, 0.15) is 26.7 Å². The van der Waals surface area contributed by atoms with Gasteiger partial charge < -0.3 is 11.1 Å². The highest BCUT2D eigenvalue weighted by Crippen LogP contribution is 2.19. The van der Waals surface area contributed by atoms with Gasteiger partial charge in [-0.15, -0.1) is 0 Å². The van der Waals surface area contributed by atoms with E-state index in [4.69, 9.17) is 5.73 Å². The minimum atomic E-state index is -3.51. The van der Waals surface area contributed by atoms with Gasteiger partial charge in [-0.2, -0.15) is 4.31 Å². The third-order valence-electron chi connectivity index (χ3n) is 4.76. The number of hydrogen-bond acceptors (Lipinski definition) is 5. The van der Waals surface area contributed by atoms with Crippen LogP contribution in [-0.2, 0) is 19.6 Å². The maximum Gasteiger partial charge on any atom is 0.243 e. The van der Waals surface area contributed by atoms with E-state index in [1.54, 1.807) is 26.0 Å². The number of primary amides is 1. The maximum atomic E-state index is 12.5. The summed E-state index contributed by atoms with van der Waals surface area (Å²) in [5.41, 5.74) is 5.89. The average molecular weight is 397 g/mol. The first-order valence-corrected chi connectivity index (χ1v) is 10.6. The molecule has 1 aliphatic heterocycles. The molecule has 0 bridgehead atoms. The van der Waals surface area contributed by atoms with Crippen molar-refractivity contribution in [3.8, 4) is 0 Å². The Labute approximate surface area is 160 Å². The van der Waals surface area contributed by atoms with Crippen molar-refractivity contribution < 1.29 is 18.0 Å². The van der Waals surface area contributed by atoms with Crippen LogP contribution >= 0.6 is 0 Å². The van der Waals surface area contributed by atoms with E-state index >= 15 is 0 Å². The number of carbonyl (C=O) groups is 2. The summed E-state index contributed by atoms with van der Waals surface area (Å²) in [4.78, 5) is 25.7. The van der Waals surface area contributed by atoms with E-state index in [1.807, 2.05) is 4.90 Å². The SMILES string of the molecule is CCN(CC)S(=O)(=O)c1ccc(NC(=O)CN2CCC[C@H](C(N)=O)C2)cc1. The van der Waals surface area contributed by atoms with Crippen LogP contribution < -0.4 is 11.1 Å². The lowest BCUT2D eigenvalue weighted by atomic mass is 9.97. The number of piperidine rings is 1. The minimum Gasteiger partial charge on any atom is -0.369 e. The zero-order chi connectivity index (χ0) is 20.0. The second-order valence-electron chi connectivity index (χ2n) is 6.64. The number of rotatable bonds is 8. The topological polar surface area (TPSA) is 113 Å². The summed E-state index contributed by atoms with van der Waals surface area (Å²) in [6.45, 7) is 5.79. The van der Waals surface area contributed by atoms with Gasteiger partial charge in [0.1, 0.15) is 0 Å². The summed E-state index contributed by atoms with van der Waals surface area (Å²) in [6, 6.07) is 6.15. The van der Waals surface area contributed by atoms with Crippen molar-refractivity contribution in [2.75, 3.05) is 38.0 Å². The van der Waals surface area contributed by atoms with E-state index in [2.05, 4.69) is 5.32 Å². The molecule has 1 aromatic carbocycles. The molecule has 0 aliphatic carbocycles. The molecule has 1 heterocycles. The van der Waals surface area contributed by atoms with Gasteiger partial charge in [0.05, 0.1) is 17.4 Å². The van der Waals surface area contributed by atoms with Crippen molar-refractivity contribution in [1.82, 2.24) is 9.21 Å². The van der Waals surface area contributed by atoms with Crippen LogP contribution in [0.2, 0.25) is 0 Å². The monoisotopic (exact) mass is 396 g/mol. The summed E-state index contributed by atoms with van der Waals surface area (Å²) >= 11 is 0. The summed E-state index contributed by atoms with van der Waals surface area (Å²) in [6.07, 6.45) is 1.59. The highest BCUT2D eigenvalue weighted by molar-refractivity contribution is 7.89. The summed E-state index contributed by atoms with van der Waals surface area (Å²) < 4.78 is 26.3. The van der Waals surface area contributed by atoms with Gasteiger partial charge >= 0.3 is 0 Å². The van der Waals surface area contributed by atoms with Crippen molar-refractivity contribution in [1.29, 1.82) is 0 Å². The standard InChI is InChI=1S/C18H28N4O4S/c1-3-22(4-2)27(25,26)16-9-7-15(8-10-16)20-17(23)13-21-11-5-6-14(12-21)18(19)24/h7-10,14H,3-6,11-13H2,1-2H3,(H2,19,24)(H,20,23)/t14-/m0/s1. The van der Waals surface area contributed by atoms with Gasteiger partial charge in [-0.05, 0) is 43.7 Å². The summed E-state index contributed by atoms with van der Waals surface area (Å²) in [7, 11) is -3.51. The molecule has 1 aromatic rings. The van der Waals surface area contributed by atoms with Gasteiger partial charge in [0.2, 0.25) is 21.8 Å². The predicted octanol–water partition coefficient (Wildman–Crippen LogP) is 0.853. The van der Waals surface area contributed by atoms with E-state index in [-0.39, 0.29) is 29.2 Å². The largest absolute Gasteiger partial charge is 0.369 e. The fourth-order valence-corrected chi connectivity index (χ4v) is 4.72. The number of hydrogen-bond donors (Lipinski definition) is 2. The Bertz CT molecular complexity index is 760. The van der Waals surface area contributed by atoms with Gasteiger partial charge in [-0.1, -0.05) is 13.8 Å². The minimum absolute atomic E-state index is 0.170. The van der Waals surface area contributed by atoms with Crippen LogP contribution in [0.25, 0.3) is 0 Å². The second kappa shape index (κ2) is 9.29. The number of likely N-dealkylation sites (tertiary alicyclic amines) is 1. The van der Waals surface area contributed by atoms with Crippen LogP contribution in [0, 0.1) is 5.92 Å². The van der Waals surface area contributed by atoms with Gasteiger partial charge in [0.25, 0.3) is 0 Å². The molecule has 2 amide bonds. The van der Waals surface area contributed by atoms with Crippen molar-refractivity contribution >= 4 is 27.5 Å². The molecular formula is C18H28N4O4S. The van der Waals surface area contributed by atoms with Crippen molar-refractivity contribution in [3.63, 3.8) is 0 Å². The van der Waals surface area contributed by atoms with Gasteiger partial charge in [-0.3, -0.25) is 14.5 Å². The number of amides is 2. The lowest BCUT2D eigenvalue weighted by molar-refractivity contribution is -0.125. The fourth-order valence-electron chi connectivity index (χ4n) is 3.26. The first-order valence-electron chi connectivity index (χ1n) is 9.19. The molecule has 0 saturated carbocycles. The smallest absolute Gasteiger partial charge is 0.243 e. The molecule has 3 N–H and O–H groups in total. The van der Waals surface area contributed by atoms with Crippen molar-refractivity contribution in [3.05, 3.63) is 24.3 Å². The molecule has 27 heavy (non-hydrogen) atoms. The summed E-state index contributed by atoms with van der Waals surface area (Å²) in [5, 5.41) is 2.76. The molecule has 2 rings (SSSR count). The first-order chi connectivity index (χ1) is 12.8. The number of nitrogens with one attached hydrogen (secondary N) is 1. The Balaban J connectivity index is 1.96. The number of nitrogens with two attached hydrogens (primary N) is 1. The predicted molar refractivity (Wildman–Crippen MR) is 104 cm³/mol. The average Bonchev–Trinajstić information content (AvgIpc) is 2.63. The van der Waals surface area contributed by atoms with Gasteiger partial charge in [0, 0.05) is 25.3 Å². The molecule has 1 aliphatic rings. The molecule has 1 saturated heterocycles. The van der Waals surface area contributed by atoms with Crippen molar-refractivity contribution in [2.24, 2.45) is 11.7 Å². The Morgan fingerprint density at radius 2 is 1.85 bits per heavy atom.